The molecule has 0 saturated carbocycles. The van der Waals surface area contributed by atoms with Crippen molar-refractivity contribution in [3.8, 4) is 0 Å². The summed E-state index contributed by atoms with van der Waals surface area (Å²) in [5.74, 6) is -2.11. The number of hydrogen-bond acceptors (Lipinski definition) is 4. The van der Waals surface area contributed by atoms with E-state index in [0.29, 0.717) is 29.0 Å². The predicted octanol–water partition coefficient (Wildman–Crippen LogP) is 5.23. The van der Waals surface area contributed by atoms with E-state index in [4.69, 9.17) is 4.74 Å². The predicted molar refractivity (Wildman–Crippen MR) is 125 cm³/mol. The minimum absolute atomic E-state index is 0.0906. The van der Waals surface area contributed by atoms with Crippen LogP contribution in [-0.4, -0.2) is 30.9 Å². The van der Waals surface area contributed by atoms with Gasteiger partial charge in [0.2, 0.25) is 0 Å². The normalized spacial score (nSPS) is 10.4. The lowest BCUT2D eigenvalue weighted by Crippen LogP contribution is -2.32. The minimum Gasteiger partial charge on any atom is -0.462 e. The fraction of sp³-hybridized carbons (Fsp3) is 0.192. The fourth-order valence-corrected chi connectivity index (χ4v) is 3.39. The van der Waals surface area contributed by atoms with E-state index < -0.39 is 17.7 Å². The molecule has 0 bridgehead atoms. The number of benzene rings is 3. The molecule has 0 saturated heterocycles. The average molecular weight is 448 g/mol. The van der Waals surface area contributed by atoms with Crippen LogP contribution in [-0.2, 0) is 4.74 Å². The van der Waals surface area contributed by atoms with Gasteiger partial charge in [-0.15, -0.1) is 0 Å². The number of amides is 2. The molecule has 0 spiro atoms. The highest BCUT2D eigenvalue weighted by atomic mass is 19.1. The third-order valence-corrected chi connectivity index (χ3v) is 5.10. The second-order valence-electron chi connectivity index (χ2n) is 7.25. The molecule has 3 aromatic rings. The Bertz CT molecular complexity index is 1190. The van der Waals surface area contributed by atoms with Gasteiger partial charge in [0.1, 0.15) is 5.82 Å². The summed E-state index contributed by atoms with van der Waals surface area (Å²) in [5, 5.41) is 2.68. The van der Waals surface area contributed by atoms with E-state index in [9.17, 15) is 18.8 Å². The average Bonchev–Trinajstić information content (AvgIpc) is 2.81. The van der Waals surface area contributed by atoms with Crippen LogP contribution in [0.4, 0.5) is 15.8 Å². The van der Waals surface area contributed by atoms with Crippen LogP contribution in [0.15, 0.2) is 66.7 Å². The number of nitrogens with one attached hydrogen (secondary N) is 1. The molecule has 0 radical (unpaired) electrons. The number of anilines is 2. The first-order chi connectivity index (χ1) is 15.9. The number of nitrogens with zero attached hydrogens (tertiary/aromatic N) is 1. The third kappa shape index (κ3) is 5.26. The Labute approximate surface area is 192 Å². The molecule has 7 heteroatoms. The number of hydrogen-bond donors (Lipinski definition) is 1. The van der Waals surface area contributed by atoms with Crippen molar-refractivity contribution < 1.29 is 23.5 Å². The molecular weight excluding hydrogens is 423 g/mol. The lowest BCUT2D eigenvalue weighted by Gasteiger charge is -2.24. The molecule has 0 aliphatic rings. The van der Waals surface area contributed by atoms with Crippen LogP contribution in [0.5, 0.6) is 0 Å². The first-order valence-corrected chi connectivity index (χ1v) is 10.6. The molecule has 0 aliphatic heterocycles. The number of halogens is 1. The number of carbonyl (C=O) groups excluding carboxylic acids is 3. The molecule has 33 heavy (non-hydrogen) atoms. The van der Waals surface area contributed by atoms with Crippen molar-refractivity contribution in [2.24, 2.45) is 0 Å². The number of rotatable bonds is 7. The molecule has 0 unspecified atom stereocenters. The highest BCUT2D eigenvalue weighted by molar-refractivity contribution is 6.11. The van der Waals surface area contributed by atoms with E-state index in [2.05, 4.69) is 5.32 Å². The maximum Gasteiger partial charge on any atom is 0.340 e. The van der Waals surface area contributed by atoms with Crippen molar-refractivity contribution >= 4 is 29.2 Å². The van der Waals surface area contributed by atoms with E-state index in [1.807, 2.05) is 0 Å². The summed E-state index contributed by atoms with van der Waals surface area (Å²) < 4.78 is 19.1. The first kappa shape index (κ1) is 23.7. The second-order valence-corrected chi connectivity index (χ2v) is 7.25. The van der Waals surface area contributed by atoms with Gasteiger partial charge >= 0.3 is 5.97 Å². The molecule has 0 atom stereocenters. The van der Waals surface area contributed by atoms with Crippen LogP contribution < -0.4 is 10.2 Å². The maximum atomic E-state index is 14.0. The Morgan fingerprint density at radius 3 is 2.27 bits per heavy atom. The molecule has 0 aliphatic carbocycles. The maximum absolute atomic E-state index is 14.0. The van der Waals surface area contributed by atoms with Gasteiger partial charge in [0.05, 0.1) is 23.4 Å². The summed E-state index contributed by atoms with van der Waals surface area (Å²) >= 11 is 0. The summed E-state index contributed by atoms with van der Waals surface area (Å²) in [7, 11) is 0. The smallest absolute Gasteiger partial charge is 0.340 e. The standard InChI is InChI=1S/C26H25FN2O4/c1-4-29(23-13-9-7-11-20(23)26(32)33-5-2)25(31)18-15-14-17(3)22(16-18)28-24(30)19-10-6-8-12-21(19)27/h6-16H,4-5H2,1-3H3,(H,28,30). The summed E-state index contributed by atoms with van der Waals surface area (Å²) in [5.41, 5.74) is 2.04. The van der Waals surface area contributed by atoms with Gasteiger partial charge < -0.3 is 15.0 Å². The molecule has 3 rings (SSSR count). The second kappa shape index (κ2) is 10.5. The van der Waals surface area contributed by atoms with Gasteiger partial charge in [0, 0.05) is 17.8 Å². The molecular formula is C26H25FN2O4. The van der Waals surface area contributed by atoms with Gasteiger partial charge in [0.25, 0.3) is 11.8 Å². The zero-order valence-corrected chi connectivity index (χ0v) is 18.7. The first-order valence-electron chi connectivity index (χ1n) is 10.6. The van der Waals surface area contributed by atoms with Crippen molar-refractivity contribution in [1.82, 2.24) is 0 Å². The monoisotopic (exact) mass is 448 g/mol. The van der Waals surface area contributed by atoms with Crippen LogP contribution in [0, 0.1) is 12.7 Å². The van der Waals surface area contributed by atoms with Crippen molar-refractivity contribution in [2.45, 2.75) is 20.8 Å². The van der Waals surface area contributed by atoms with Gasteiger partial charge in [-0.1, -0.05) is 30.3 Å². The Morgan fingerprint density at radius 2 is 1.61 bits per heavy atom. The zero-order valence-electron chi connectivity index (χ0n) is 18.7. The van der Waals surface area contributed by atoms with E-state index in [0.717, 1.165) is 0 Å². The van der Waals surface area contributed by atoms with E-state index >= 15 is 0 Å². The van der Waals surface area contributed by atoms with Crippen LogP contribution in [0.1, 0.15) is 50.5 Å². The number of aryl methyl sites for hydroxylation is 1. The number of para-hydroxylation sites is 1. The van der Waals surface area contributed by atoms with Crippen LogP contribution in [0.25, 0.3) is 0 Å². The highest BCUT2D eigenvalue weighted by Gasteiger charge is 2.23. The third-order valence-electron chi connectivity index (χ3n) is 5.10. The van der Waals surface area contributed by atoms with Crippen molar-refractivity contribution in [2.75, 3.05) is 23.4 Å². The summed E-state index contributed by atoms with van der Waals surface area (Å²) in [4.78, 5) is 39.8. The Morgan fingerprint density at radius 1 is 0.939 bits per heavy atom. The molecule has 170 valence electrons. The Hall–Kier alpha value is -4.00. The van der Waals surface area contributed by atoms with Crippen LogP contribution >= 0.6 is 0 Å². The highest BCUT2D eigenvalue weighted by Crippen LogP contribution is 2.25. The van der Waals surface area contributed by atoms with E-state index in [1.165, 1.54) is 23.1 Å². The zero-order chi connectivity index (χ0) is 24.0. The Balaban J connectivity index is 1.92. The lowest BCUT2D eigenvalue weighted by atomic mass is 10.1. The van der Waals surface area contributed by atoms with Gasteiger partial charge in [0.15, 0.2) is 0 Å². The summed E-state index contributed by atoms with van der Waals surface area (Å²) in [6.07, 6.45) is 0. The molecule has 0 aromatic heterocycles. The Kier molecular flexibility index (Phi) is 7.56. The van der Waals surface area contributed by atoms with Gasteiger partial charge in [-0.05, 0) is 62.7 Å². The SMILES string of the molecule is CCOC(=O)c1ccccc1N(CC)C(=O)c1ccc(C)c(NC(=O)c2ccccc2F)c1. The van der Waals surface area contributed by atoms with Crippen LogP contribution in [0.3, 0.4) is 0 Å². The molecule has 3 aromatic carbocycles. The number of esters is 1. The quantitative estimate of drug-likeness (QED) is 0.502. The van der Waals surface area contributed by atoms with Crippen LogP contribution in [0.2, 0.25) is 0 Å². The van der Waals surface area contributed by atoms with Crippen molar-refractivity contribution in [3.05, 3.63) is 94.8 Å². The van der Waals surface area contributed by atoms with Gasteiger partial charge in [-0.3, -0.25) is 9.59 Å². The van der Waals surface area contributed by atoms with Gasteiger partial charge in [-0.25, -0.2) is 9.18 Å². The van der Waals surface area contributed by atoms with Crippen molar-refractivity contribution in [1.29, 1.82) is 0 Å². The fourth-order valence-electron chi connectivity index (χ4n) is 3.39. The summed E-state index contributed by atoms with van der Waals surface area (Å²) in [6, 6.07) is 17.3. The van der Waals surface area contributed by atoms with Gasteiger partial charge in [-0.2, -0.15) is 0 Å². The largest absolute Gasteiger partial charge is 0.462 e. The molecule has 2 amide bonds. The molecule has 1 N–H and O–H groups in total. The minimum atomic E-state index is -0.632. The summed E-state index contributed by atoms with van der Waals surface area (Å²) in [6.45, 7) is 5.82. The van der Waals surface area contributed by atoms with E-state index in [1.54, 1.807) is 69.3 Å². The van der Waals surface area contributed by atoms with Crippen molar-refractivity contribution in [3.63, 3.8) is 0 Å². The molecule has 0 fully saturated rings. The lowest BCUT2D eigenvalue weighted by molar-refractivity contribution is 0.0527. The molecule has 0 heterocycles. The number of ether oxygens (including phenoxy) is 1. The number of carbonyl (C=O) groups is 3. The topological polar surface area (TPSA) is 75.7 Å². The van der Waals surface area contributed by atoms with E-state index in [-0.39, 0.29) is 23.6 Å². The molecule has 6 nitrogen and oxygen atoms in total.